The minimum Gasteiger partial charge on any atom is -0.340 e. The smallest absolute Gasteiger partial charge is 0.329 e. The van der Waals surface area contributed by atoms with Crippen molar-refractivity contribution in [2.75, 3.05) is 31.1 Å². The van der Waals surface area contributed by atoms with E-state index in [1.807, 2.05) is 4.57 Å². The molecule has 0 aliphatic carbocycles. The Hall–Kier alpha value is -3.39. The molecule has 8 heteroatoms. The molecule has 172 valence electrons. The molecule has 1 fully saturated rings. The molecule has 4 aromatic rings. The van der Waals surface area contributed by atoms with Gasteiger partial charge in [0.1, 0.15) is 0 Å². The second kappa shape index (κ2) is 8.51. The third kappa shape index (κ3) is 3.95. The Morgan fingerprint density at radius 3 is 2.48 bits per heavy atom. The van der Waals surface area contributed by atoms with Crippen LogP contribution < -0.4 is 16.1 Å². The van der Waals surface area contributed by atoms with Crippen molar-refractivity contribution in [3.63, 3.8) is 0 Å². The van der Waals surface area contributed by atoms with Gasteiger partial charge in [0.15, 0.2) is 11.2 Å². The number of piperazine rings is 1. The first-order valence-corrected chi connectivity index (χ1v) is 11.6. The summed E-state index contributed by atoms with van der Waals surface area (Å²) in [6, 6.07) is 15.0. The zero-order valence-corrected chi connectivity index (χ0v) is 19.4. The highest BCUT2D eigenvalue weighted by Gasteiger charge is 2.25. The van der Waals surface area contributed by atoms with E-state index in [1.54, 1.807) is 7.05 Å². The fourth-order valence-corrected chi connectivity index (χ4v) is 4.78. The van der Waals surface area contributed by atoms with Crippen molar-refractivity contribution >= 4 is 27.9 Å². The molecule has 0 saturated carbocycles. The summed E-state index contributed by atoms with van der Waals surface area (Å²) in [4.78, 5) is 36.7. The molecule has 0 bridgehead atoms. The second-order valence-corrected chi connectivity index (χ2v) is 9.31. The lowest BCUT2D eigenvalue weighted by atomic mass is 10.0. The summed E-state index contributed by atoms with van der Waals surface area (Å²) in [6.45, 7) is 9.26. The van der Waals surface area contributed by atoms with Crippen LogP contribution in [0.3, 0.4) is 0 Å². The van der Waals surface area contributed by atoms with Crippen LogP contribution in [0.5, 0.6) is 0 Å². The highest BCUT2D eigenvalue weighted by Crippen LogP contribution is 2.24. The lowest BCUT2D eigenvalue weighted by Gasteiger charge is -2.35. The Kier molecular flexibility index (Phi) is 5.54. The number of hydrogen-bond acceptors (Lipinski definition) is 5. The molecule has 8 nitrogen and oxygen atoms in total. The van der Waals surface area contributed by atoms with Gasteiger partial charge in [-0.3, -0.25) is 19.2 Å². The number of hydrogen-bond donors (Lipinski definition) is 1. The van der Waals surface area contributed by atoms with Crippen molar-refractivity contribution in [3.8, 4) is 0 Å². The van der Waals surface area contributed by atoms with Crippen molar-refractivity contribution < 1.29 is 0 Å². The quantitative estimate of drug-likeness (QED) is 0.510. The minimum atomic E-state index is -0.437. The zero-order chi connectivity index (χ0) is 23.1. The predicted octanol–water partition coefficient (Wildman–Crippen LogP) is 2.55. The Balaban J connectivity index is 1.41. The summed E-state index contributed by atoms with van der Waals surface area (Å²) in [5.74, 6) is 1.11. The van der Waals surface area contributed by atoms with E-state index < -0.39 is 5.69 Å². The van der Waals surface area contributed by atoms with E-state index >= 15 is 0 Å². The highest BCUT2D eigenvalue weighted by molar-refractivity contribution is 5.85. The largest absolute Gasteiger partial charge is 0.340 e. The maximum Gasteiger partial charge on any atom is 0.329 e. The van der Waals surface area contributed by atoms with Crippen LogP contribution in [0.15, 0.2) is 52.1 Å². The fraction of sp³-hybridized carbons (Fsp3) is 0.400. The maximum absolute atomic E-state index is 12.7. The number of imidazole rings is 1. The Labute approximate surface area is 192 Å². The Morgan fingerprint density at radius 1 is 1.00 bits per heavy atom. The Morgan fingerprint density at radius 2 is 1.73 bits per heavy atom. The molecule has 1 aliphatic rings. The van der Waals surface area contributed by atoms with Crippen LogP contribution in [-0.2, 0) is 20.1 Å². The van der Waals surface area contributed by atoms with Gasteiger partial charge in [-0.05, 0) is 22.3 Å². The van der Waals surface area contributed by atoms with E-state index in [0.29, 0.717) is 23.6 Å². The number of rotatable bonds is 5. The van der Waals surface area contributed by atoms with E-state index in [-0.39, 0.29) is 5.56 Å². The second-order valence-electron chi connectivity index (χ2n) is 9.31. The van der Waals surface area contributed by atoms with Crippen LogP contribution in [0.4, 0.5) is 5.95 Å². The summed E-state index contributed by atoms with van der Waals surface area (Å²) < 4.78 is 3.41. The first-order valence-electron chi connectivity index (χ1n) is 11.6. The van der Waals surface area contributed by atoms with Crippen molar-refractivity contribution in [3.05, 3.63) is 68.9 Å². The molecule has 3 heterocycles. The molecule has 0 unspecified atom stereocenters. The van der Waals surface area contributed by atoms with Crippen LogP contribution in [0, 0.1) is 5.92 Å². The van der Waals surface area contributed by atoms with Crippen LogP contribution in [0.2, 0.25) is 0 Å². The number of nitrogens with one attached hydrogen (secondary N) is 1. The van der Waals surface area contributed by atoms with Gasteiger partial charge < -0.3 is 9.47 Å². The van der Waals surface area contributed by atoms with E-state index in [9.17, 15) is 9.59 Å². The van der Waals surface area contributed by atoms with Crippen LogP contribution >= 0.6 is 0 Å². The number of benzene rings is 2. The molecule has 2 aromatic heterocycles. The number of aromatic nitrogens is 4. The summed E-state index contributed by atoms with van der Waals surface area (Å²) in [6.07, 6.45) is 0. The number of aryl methyl sites for hydroxylation is 1. The zero-order valence-electron chi connectivity index (χ0n) is 19.4. The van der Waals surface area contributed by atoms with Gasteiger partial charge in [0.25, 0.3) is 5.56 Å². The van der Waals surface area contributed by atoms with Crippen LogP contribution in [-0.4, -0.2) is 50.2 Å². The van der Waals surface area contributed by atoms with Crippen molar-refractivity contribution in [1.82, 2.24) is 24.0 Å². The number of H-pyrrole nitrogens is 1. The Bertz CT molecular complexity index is 1420. The fourth-order valence-electron chi connectivity index (χ4n) is 4.78. The van der Waals surface area contributed by atoms with Gasteiger partial charge in [-0.2, -0.15) is 4.98 Å². The van der Waals surface area contributed by atoms with E-state index in [2.05, 4.69) is 71.1 Å². The summed E-state index contributed by atoms with van der Waals surface area (Å²) in [5, 5.41) is 2.58. The van der Waals surface area contributed by atoms with Crippen molar-refractivity contribution in [1.29, 1.82) is 0 Å². The van der Waals surface area contributed by atoms with Gasteiger partial charge in [-0.15, -0.1) is 0 Å². The number of fused-ring (bicyclic) bond motifs is 2. The normalized spacial score (nSPS) is 15.2. The van der Waals surface area contributed by atoms with E-state index in [1.165, 1.54) is 20.9 Å². The summed E-state index contributed by atoms with van der Waals surface area (Å²) in [7, 11) is 1.65. The van der Waals surface area contributed by atoms with Gasteiger partial charge >= 0.3 is 5.69 Å². The molecule has 1 N–H and O–H groups in total. The van der Waals surface area contributed by atoms with Crippen molar-refractivity contribution in [2.45, 2.75) is 26.9 Å². The standard InChI is InChI=1S/C25H30N6O2/c1-17(2)15-31-21-22(28(3)25(33)27-23(21)32)26-24(31)30-13-11-29(12-14-30)16-19-9-6-8-18-7-4-5-10-20(18)19/h4-10,17H,11-16H2,1-3H3,(H,27,32,33). The van der Waals surface area contributed by atoms with Crippen LogP contribution in [0.25, 0.3) is 21.9 Å². The van der Waals surface area contributed by atoms with Crippen molar-refractivity contribution in [2.24, 2.45) is 13.0 Å². The van der Waals surface area contributed by atoms with E-state index in [0.717, 1.165) is 38.7 Å². The molecule has 2 aromatic carbocycles. The highest BCUT2D eigenvalue weighted by atomic mass is 16.2. The van der Waals surface area contributed by atoms with Gasteiger partial charge in [0.05, 0.1) is 0 Å². The summed E-state index contributed by atoms with van der Waals surface area (Å²) in [5.41, 5.74) is 1.45. The lowest BCUT2D eigenvalue weighted by Crippen LogP contribution is -2.47. The number of anilines is 1. The molecule has 1 aliphatic heterocycles. The molecule has 1 saturated heterocycles. The third-order valence-corrected chi connectivity index (χ3v) is 6.46. The molecular formula is C25H30N6O2. The lowest BCUT2D eigenvalue weighted by molar-refractivity contribution is 0.248. The molecule has 0 spiro atoms. The number of aromatic amines is 1. The van der Waals surface area contributed by atoms with Gasteiger partial charge in [0, 0.05) is 46.3 Å². The summed E-state index contributed by atoms with van der Waals surface area (Å²) >= 11 is 0. The van der Waals surface area contributed by atoms with Crippen LogP contribution in [0.1, 0.15) is 19.4 Å². The number of nitrogens with zero attached hydrogens (tertiary/aromatic N) is 5. The molecule has 0 radical (unpaired) electrons. The average Bonchev–Trinajstić information content (AvgIpc) is 3.17. The molecule has 5 rings (SSSR count). The third-order valence-electron chi connectivity index (χ3n) is 6.46. The van der Waals surface area contributed by atoms with Gasteiger partial charge in [-0.1, -0.05) is 56.3 Å². The SMILES string of the molecule is CC(C)Cn1c(N2CCN(Cc3cccc4ccccc34)CC2)nc2c1c(=O)[nH]c(=O)n2C. The monoisotopic (exact) mass is 446 g/mol. The predicted molar refractivity (Wildman–Crippen MR) is 132 cm³/mol. The van der Waals surface area contributed by atoms with Gasteiger partial charge in [-0.25, -0.2) is 4.79 Å². The average molecular weight is 447 g/mol. The maximum atomic E-state index is 12.7. The molecular weight excluding hydrogens is 416 g/mol. The topological polar surface area (TPSA) is 79.2 Å². The molecule has 0 atom stereocenters. The van der Waals surface area contributed by atoms with Gasteiger partial charge in [0.2, 0.25) is 5.95 Å². The molecule has 0 amide bonds. The van der Waals surface area contributed by atoms with E-state index in [4.69, 9.17) is 4.98 Å². The molecule has 33 heavy (non-hydrogen) atoms. The first-order chi connectivity index (χ1) is 15.9. The first kappa shape index (κ1) is 21.5. The minimum absolute atomic E-state index is 0.338.